The lowest BCUT2D eigenvalue weighted by Crippen LogP contribution is -2.34. The molecule has 2 heteroatoms. The molecule has 0 aromatic rings. The van der Waals surface area contributed by atoms with E-state index in [-0.39, 0.29) is 11.6 Å². The van der Waals surface area contributed by atoms with E-state index >= 15 is 0 Å². The summed E-state index contributed by atoms with van der Waals surface area (Å²) in [5, 5.41) is 0. The first-order chi connectivity index (χ1) is 4.45. The fraction of sp³-hybridized carbons (Fsp3) is 0.750. The van der Waals surface area contributed by atoms with Gasteiger partial charge in [-0.25, -0.2) is 0 Å². The van der Waals surface area contributed by atoms with Crippen molar-refractivity contribution in [2.75, 3.05) is 0 Å². The van der Waals surface area contributed by atoms with E-state index in [9.17, 15) is 0 Å². The van der Waals surface area contributed by atoms with Gasteiger partial charge in [-0.1, -0.05) is 5.92 Å². The summed E-state index contributed by atoms with van der Waals surface area (Å²) in [6.45, 7) is 7.75. The van der Waals surface area contributed by atoms with Crippen LogP contribution in [0.1, 0.15) is 27.7 Å². The number of hydroxylamine groups is 1. The van der Waals surface area contributed by atoms with Crippen LogP contribution in [0.3, 0.4) is 0 Å². The molecule has 10 heavy (non-hydrogen) atoms. The normalized spacial score (nSPS) is 14.3. The SMILES string of the molecule is C#CC(C)NOC(C)(C)C. The fourth-order valence-corrected chi connectivity index (χ4v) is 0.299. The van der Waals surface area contributed by atoms with E-state index in [4.69, 9.17) is 11.3 Å². The lowest BCUT2D eigenvalue weighted by molar-refractivity contribution is -0.0787. The maximum absolute atomic E-state index is 5.19. The molecule has 0 aliphatic rings. The molecule has 1 N–H and O–H groups in total. The van der Waals surface area contributed by atoms with Crippen molar-refractivity contribution in [3.8, 4) is 12.3 Å². The van der Waals surface area contributed by atoms with Crippen LogP contribution in [0.25, 0.3) is 0 Å². The van der Waals surface area contributed by atoms with Gasteiger partial charge >= 0.3 is 0 Å². The minimum absolute atomic E-state index is 0.0285. The predicted molar refractivity (Wildman–Crippen MR) is 42.3 cm³/mol. The number of hydrogen-bond donors (Lipinski definition) is 1. The van der Waals surface area contributed by atoms with Crippen molar-refractivity contribution in [3.05, 3.63) is 0 Å². The zero-order valence-corrected chi connectivity index (χ0v) is 7.06. The molecule has 0 aliphatic carbocycles. The van der Waals surface area contributed by atoms with Gasteiger partial charge in [-0.2, -0.15) is 5.48 Å². The molecule has 1 atom stereocenters. The van der Waals surface area contributed by atoms with Crippen LogP contribution in [-0.4, -0.2) is 11.6 Å². The molecule has 0 spiro atoms. The van der Waals surface area contributed by atoms with E-state index in [1.54, 1.807) is 0 Å². The van der Waals surface area contributed by atoms with E-state index in [1.807, 2.05) is 27.7 Å². The molecule has 0 aliphatic heterocycles. The quantitative estimate of drug-likeness (QED) is 0.462. The second-order valence-electron chi connectivity index (χ2n) is 3.22. The van der Waals surface area contributed by atoms with Crippen molar-refractivity contribution in [1.29, 1.82) is 0 Å². The van der Waals surface area contributed by atoms with Crippen molar-refractivity contribution < 1.29 is 4.84 Å². The van der Waals surface area contributed by atoms with Gasteiger partial charge in [-0.05, 0) is 27.7 Å². The van der Waals surface area contributed by atoms with Crippen molar-refractivity contribution in [3.63, 3.8) is 0 Å². The Balaban J connectivity index is 3.48. The predicted octanol–water partition coefficient (Wildman–Crippen LogP) is 1.33. The highest BCUT2D eigenvalue weighted by Gasteiger charge is 2.10. The zero-order chi connectivity index (χ0) is 8.20. The zero-order valence-electron chi connectivity index (χ0n) is 7.06. The minimum Gasteiger partial charge on any atom is -0.295 e. The van der Waals surface area contributed by atoms with Gasteiger partial charge in [0.25, 0.3) is 0 Å². The molecule has 0 saturated carbocycles. The number of hydrogen-bond acceptors (Lipinski definition) is 2. The van der Waals surface area contributed by atoms with E-state index in [0.29, 0.717) is 0 Å². The molecule has 0 amide bonds. The van der Waals surface area contributed by atoms with Crippen molar-refractivity contribution in [2.45, 2.75) is 39.3 Å². The molecule has 0 aromatic heterocycles. The lowest BCUT2D eigenvalue weighted by atomic mass is 10.2. The third kappa shape index (κ3) is 5.61. The van der Waals surface area contributed by atoms with Gasteiger partial charge in [0.05, 0.1) is 11.6 Å². The number of rotatable bonds is 2. The van der Waals surface area contributed by atoms with Crippen LogP contribution < -0.4 is 5.48 Å². The molecule has 58 valence electrons. The third-order valence-corrected chi connectivity index (χ3v) is 0.792. The van der Waals surface area contributed by atoms with E-state index < -0.39 is 0 Å². The van der Waals surface area contributed by atoms with Crippen molar-refractivity contribution in [2.24, 2.45) is 0 Å². The Kier molecular flexibility index (Phi) is 3.41. The molecule has 0 heterocycles. The van der Waals surface area contributed by atoms with Gasteiger partial charge in [0.15, 0.2) is 0 Å². The molecule has 2 nitrogen and oxygen atoms in total. The third-order valence-electron chi connectivity index (χ3n) is 0.792. The van der Waals surface area contributed by atoms with E-state index in [1.165, 1.54) is 0 Å². The van der Waals surface area contributed by atoms with Gasteiger partial charge in [0.2, 0.25) is 0 Å². The molecule has 1 unspecified atom stereocenters. The van der Waals surface area contributed by atoms with Crippen molar-refractivity contribution >= 4 is 0 Å². The summed E-state index contributed by atoms with van der Waals surface area (Å²) >= 11 is 0. The summed E-state index contributed by atoms with van der Waals surface area (Å²) in [5.74, 6) is 2.50. The fourth-order valence-electron chi connectivity index (χ4n) is 0.299. The largest absolute Gasteiger partial charge is 0.295 e. The molecule has 0 bridgehead atoms. The summed E-state index contributed by atoms with van der Waals surface area (Å²) < 4.78 is 0. The minimum atomic E-state index is -0.175. The first-order valence-electron chi connectivity index (χ1n) is 3.35. The average Bonchev–Trinajstić information content (AvgIpc) is 1.81. The molecule has 0 rings (SSSR count). The monoisotopic (exact) mass is 141 g/mol. The summed E-state index contributed by atoms with van der Waals surface area (Å²) in [7, 11) is 0. The van der Waals surface area contributed by atoms with Crippen LogP contribution in [0.4, 0.5) is 0 Å². The standard InChI is InChI=1S/C8H15NO/c1-6-7(2)9-10-8(3,4)5/h1,7,9H,2-5H3. The van der Waals surface area contributed by atoms with E-state index in [0.717, 1.165) is 0 Å². The molecular weight excluding hydrogens is 126 g/mol. The van der Waals surface area contributed by atoms with Gasteiger partial charge < -0.3 is 0 Å². The highest BCUT2D eigenvalue weighted by Crippen LogP contribution is 2.03. The maximum atomic E-state index is 5.19. The Hall–Kier alpha value is -0.520. The van der Waals surface area contributed by atoms with E-state index in [2.05, 4.69) is 11.4 Å². The molecule has 0 saturated heterocycles. The Morgan fingerprint density at radius 1 is 1.50 bits per heavy atom. The summed E-state index contributed by atoms with van der Waals surface area (Å²) in [6, 6.07) is -0.0285. The molecular formula is C8H15NO. The maximum Gasteiger partial charge on any atom is 0.0898 e. The van der Waals surface area contributed by atoms with Crippen molar-refractivity contribution in [1.82, 2.24) is 5.48 Å². The van der Waals surface area contributed by atoms with Crippen LogP contribution >= 0.6 is 0 Å². The summed E-state index contributed by atoms with van der Waals surface area (Å²) in [4.78, 5) is 5.19. The number of terminal acetylenes is 1. The van der Waals surface area contributed by atoms with Crippen LogP contribution in [0.5, 0.6) is 0 Å². The van der Waals surface area contributed by atoms with Crippen LogP contribution in [0.2, 0.25) is 0 Å². The van der Waals surface area contributed by atoms with Crippen LogP contribution in [-0.2, 0) is 4.84 Å². The highest BCUT2D eigenvalue weighted by molar-refractivity contribution is 4.94. The Morgan fingerprint density at radius 3 is 2.30 bits per heavy atom. The Bertz CT molecular complexity index is 129. The smallest absolute Gasteiger partial charge is 0.0898 e. The van der Waals surface area contributed by atoms with Gasteiger partial charge in [0.1, 0.15) is 0 Å². The molecule has 0 fully saturated rings. The molecule has 0 aromatic carbocycles. The van der Waals surface area contributed by atoms with Gasteiger partial charge in [-0.3, -0.25) is 4.84 Å². The van der Waals surface area contributed by atoms with Crippen LogP contribution in [0.15, 0.2) is 0 Å². The second kappa shape index (κ2) is 3.60. The second-order valence-corrected chi connectivity index (χ2v) is 3.22. The average molecular weight is 141 g/mol. The van der Waals surface area contributed by atoms with Gasteiger partial charge in [0, 0.05) is 0 Å². The summed E-state index contributed by atoms with van der Waals surface area (Å²) in [5.41, 5.74) is 2.56. The number of nitrogens with one attached hydrogen (secondary N) is 1. The Labute approximate surface area is 62.9 Å². The molecule has 0 radical (unpaired) electrons. The van der Waals surface area contributed by atoms with Crippen LogP contribution in [0, 0.1) is 12.3 Å². The Morgan fingerprint density at radius 2 is 2.00 bits per heavy atom. The highest BCUT2D eigenvalue weighted by atomic mass is 16.7. The topological polar surface area (TPSA) is 21.3 Å². The lowest BCUT2D eigenvalue weighted by Gasteiger charge is -2.20. The first kappa shape index (κ1) is 9.48. The first-order valence-corrected chi connectivity index (χ1v) is 3.35. The van der Waals surface area contributed by atoms with Gasteiger partial charge in [-0.15, -0.1) is 6.42 Å². The summed E-state index contributed by atoms with van der Waals surface area (Å²) in [6.07, 6.45) is 5.11.